The van der Waals surface area contributed by atoms with Gasteiger partial charge in [0.15, 0.2) is 0 Å². The van der Waals surface area contributed by atoms with E-state index in [2.05, 4.69) is 0 Å². The molecule has 1 heterocycles. The van der Waals surface area contributed by atoms with Gasteiger partial charge in [0, 0.05) is 31.2 Å². The van der Waals surface area contributed by atoms with Crippen molar-refractivity contribution in [2.45, 2.75) is 38.8 Å². The molecule has 1 saturated heterocycles. The van der Waals surface area contributed by atoms with E-state index in [1.807, 2.05) is 39.0 Å². The maximum absolute atomic E-state index is 12.3. The van der Waals surface area contributed by atoms with Crippen LogP contribution in [0.15, 0.2) is 23.9 Å². The minimum Gasteiger partial charge on any atom is -0.444 e. The fraction of sp³-hybridized carbons (Fsp3) is 0.600. The van der Waals surface area contributed by atoms with Crippen molar-refractivity contribution in [3.8, 4) is 0 Å². The molecule has 0 radical (unpaired) electrons. The van der Waals surface area contributed by atoms with Gasteiger partial charge in [0.1, 0.15) is 12.1 Å². The predicted octanol–water partition coefficient (Wildman–Crippen LogP) is 1.24. The van der Waals surface area contributed by atoms with Crippen LogP contribution in [0.4, 0.5) is 4.79 Å². The van der Waals surface area contributed by atoms with E-state index in [0.717, 1.165) is 5.70 Å². The van der Waals surface area contributed by atoms with Crippen molar-refractivity contribution in [3.63, 3.8) is 0 Å². The van der Waals surface area contributed by atoms with Crippen LogP contribution in [-0.2, 0) is 9.53 Å². The van der Waals surface area contributed by atoms with E-state index in [9.17, 15) is 9.59 Å². The predicted molar refractivity (Wildman–Crippen MR) is 79.3 cm³/mol. The minimum absolute atomic E-state index is 0.0468. The lowest BCUT2D eigenvalue weighted by Gasteiger charge is -2.37. The largest absolute Gasteiger partial charge is 0.444 e. The van der Waals surface area contributed by atoms with Gasteiger partial charge in [-0.1, -0.05) is 12.2 Å². The number of ether oxygens (including phenoxy) is 1. The van der Waals surface area contributed by atoms with Crippen molar-refractivity contribution >= 4 is 12.0 Å². The number of allylic oxidation sites excluding steroid dienone is 2. The van der Waals surface area contributed by atoms with Crippen molar-refractivity contribution in [2.75, 3.05) is 19.6 Å². The molecule has 6 heteroatoms. The highest BCUT2D eigenvalue weighted by molar-refractivity contribution is 5.85. The number of nitrogens with two attached hydrogens (primary N) is 1. The Morgan fingerprint density at radius 3 is 2.67 bits per heavy atom. The number of carbonyl (C=O) groups is 2. The Morgan fingerprint density at radius 1 is 1.38 bits per heavy atom. The summed E-state index contributed by atoms with van der Waals surface area (Å²) in [7, 11) is 0. The summed E-state index contributed by atoms with van der Waals surface area (Å²) >= 11 is 0. The topological polar surface area (TPSA) is 75.9 Å². The van der Waals surface area contributed by atoms with Crippen molar-refractivity contribution in [1.82, 2.24) is 9.80 Å². The quantitative estimate of drug-likeness (QED) is 0.789. The van der Waals surface area contributed by atoms with Crippen LogP contribution < -0.4 is 5.73 Å². The molecule has 1 aliphatic heterocycles. The molecule has 0 aromatic carbocycles. The Bertz CT molecular complexity index is 491. The molecule has 1 aliphatic carbocycles. The van der Waals surface area contributed by atoms with Crippen LogP contribution in [0.2, 0.25) is 0 Å². The lowest BCUT2D eigenvalue weighted by molar-refractivity contribution is -0.133. The first-order chi connectivity index (χ1) is 9.76. The van der Waals surface area contributed by atoms with E-state index in [-0.39, 0.29) is 18.5 Å². The minimum atomic E-state index is -0.555. The molecule has 2 aliphatic rings. The highest BCUT2D eigenvalue weighted by Crippen LogP contribution is 2.20. The van der Waals surface area contributed by atoms with Crippen LogP contribution in [0, 0.1) is 0 Å². The Hall–Kier alpha value is -1.82. The lowest BCUT2D eigenvalue weighted by atomic mass is 10.0. The van der Waals surface area contributed by atoms with Crippen molar-refractivity contribution in [3.05, 3.63) is 23.9 Å². The summed E-state index contributed by atoms with van der Waals surface area (Å²) < 4.78 is 5.29. The molecule has 21 heavy (non-hydrogen) atoms. The number of nitrogens with zero attached hydrogens (tertiary/aromatic N) is 2. The first kappa shape index (κ1) is 15.6. The molecule has 0 aromatic rings. The molecule has 0 bridgehead atoms. The summed E-state index contributed by atoms with van der Waals surface area (Å²) in [4.78, 5) is 27.4. The second-order valence-electron chi connectivity index (χ2n) is 6.36. The van der Waals surface area contributed by atoms with E-state index >= 15 is 0 Å². The van der Waals surface area contributed by atoms with E-state index in [1.54, 1.807) is 4.90 Å². The van der Waals surface area contributed by atoms with E-state index in [0.29, 0.717) is 19.5 Å². The fourth-order valence-electron chi connectivity index (χ4n) is 2.35. The molecular formula is C15H23N3O3. The van der Waals surface area contributed by atoms with Gasteiger partial charge in [-0.3, -0.25) is 9.69 Å². The average molecular weight is 293 g/mol. The smallest absolute Gasteiger partial charge is 0.410 e. The Labute approximate surface area is 125 Å². The summed E-state index contributed by atoms with van der Waals surface area (Å²) in [5.74, 6) is -0.0964. The molecule has 0 aromatic heterocycles. The highest BCUT2D eigenvalue weighted by Gasteiger charge is 2.32. The summed E-state index contributed by atoms with van der Waals surface area (Å²) in [5, 5.41) is 0. The van der Waals surface area contributed by atoms with Gasteiger partial charge in [-0.05, 0) is 26.8 Å². The van der Waals surface area contributed by atoms with Crippen LogP contribution in [0.25, 0.3) is 0 Å². The van der Waals surface area contributed by atoms with Gasteiger partial charge in [-0.25, -0.2) is 4.79 Å². The molecule has 0 spiro atoms. The van der Waals surface area contributed by atoms with Gasteiger partial charge < -0.3 is 15.4 Å². The SMILES string of the molecule is CC(C)(C)OC(=O)N1CCN(C2=CC=CC(N)C2)C(=O)C1. The molecule has 2 N–H and O–H groups in total. The number of carbonyl (C=O) groups excluding carboxylic acids is 2. The molecule has 1 fully saturated rings. The fourth-order valence-corrected chi connectivity index (χ4v) is 2.35. The van der Waals surface area contributed by atoms with E-state index < -0.39 is 11.7 Å². The summed E-state index contributed by atoms with van der Waals surface area (Å²) in [5.41, 5.74) is 6.23. The third kappa shape index (κ3) is 4.07. The van der Waals surface area contributed by atoms with Gasteiger partial charge in [0.05, 0.1) is 0 Å². The molecule has 0 saturated carbocycles. The maximum atomic E-state index is 12.3. The maximum Gasteiger partial charge on any atom is 0.410 e. The van der Waals surface area contributed by atoms with Crippen LogP contribution in [0.3, 0.4) is 0 Å². The van der Waals surface area contributed by atoms with Gasteiger partial charge in [0.2, 0.25) is 5.91 Å². The zero-order chi connectivity index (χ0) is 15.6. The van der Waals surface area contributed by atoms with Crippen LogP contribution in [0.1, 0.15) is 27.2 Å². The third-order valence-corrected chi connectivity index (χ3v) is 3.31. The zero-order valence-electron chi connectivity index (χ0n) is 12.8. The molecule has 6 nitrogen and oxygen atoms in total. The average Bonchev–Trinajstić information content (AvgIpc) is 2.36. The molecule has 116 valence electrons. The molecule has 1 unspecified atom stereocenters. The summed E-state index contributed by atoms with van der Waals surface area (Å²) in [6.07, 6.45) is 5.89. The van der Waals surface area contributed by atoms with E-state index in [1.165, 1.54) is 4.90 Å². The Morgan fingerprint density at radius 2 is 2.10 bits per heavy atom. The van der Waals surface area contributed by atoms with Crippen LogP contribution in [0.5, 0.6) is 0 Å². The van der Waals surface area contributed by atoms with Gasteiger partial charge in [-0.15, -0.1) is 0 Å². The highest BCUT2D eigenvalue weighted by atomic mass is 16.6. The summed E-state index contributed by atoms with van der Waals surface area (Å²) in [6.45, 7) is 6.42. The van der Waals surface area contributed by atoms with E-state index in [4.69, 9.17) is 10.5 Å². The zero-order valence-corrected chi connectivity index (χ0v) is 12.8. The second-order valence-corrected chi connectivity index (χ2v) is 6.36. The number of hydrogen-bond acceptors (Lipinski definition) is 4. The standard InChI is InChI=1S/C15H23N3O3/c1-15(2,3)21-14(20)17-7-8-18(13(19)10-17)12-6-4-5-11(16)9-12/h4-6,11H,7-10,16H2,1-3H3. The Balaban J connectivity index is 1.97. The molecule has 2 amide bonds. The first-order valence-electron chi connectivity index (χ1n) is 7.17. The number of hydrogen-bond donors (Lipinski definition) is 1. The first-order valence-corrected chi connectivity index (χ1v) is 7.17. The van der Waals surface area contributed by atoms with Crippen LogP contribution in [-0.4, -0.2) is 53.1 Å². The van der Waals surface area contributed by atoms with Crippen molar-refractivity contribution < 1.29 is 14.3 Å². The third-order valence-electron chi connectivity index (χ3n) is 3.31. The second kappa shape index (κ2) is 5.89. The van der Waals surface area contributed by atoms with Crippen LogP contribution >= 0.6 is 0 Å². The Kier molecular flexibility index (Phi) is 4.37. The lowest BCUT2D eigenvalue weighted by Crippen LogP contribution is -2.53. The molecule has 2 rings (SSSR count). The monoisotopic (exact) mass is 293 g/mol. The number of amides is 2. The molecule has 1 atom stereocenters. The van der Waals surface area contributed by atoms with Gasteiger partial charge in [-0.2, -0.15) is 0 Å². The number of rotatable bonds is 1. The molecular weight excluding hydrogens is 270 g/mol. The van der Waals surface area contributed by atoms with Gasteiger partial charge in [0.25, 0.3) is 0 Å². The van der Waals surface area contributed by atoms with Crippen molar-refractivity contribution in [1.29, 1.82) is 0 Å². The van der Waals surface area contributed by atoms with Crippen molar-refractivity contribution in [2.24, 2.45) is 5.73 Å². The summed E-state index contributed by atoms with van der Waals surface area (Å²) in [6, 6.07) is -0.0540. The van der Waals surface area contributed by atoms with Gasteiger partial charge >= 0.3 is 6.09 Å². The normalized spacial score (nSPS) is 23.1. The number of piperazine rings is 1.